The van der Waals surface area contributed by atoms with E-state index in [0.717, 1.165) is 14.4 Å². The number of hydrogen-bond donors (Lipinski definition) is 0. The molecule has 2 aromatic rings. The highest BCUT2D eigenvalue weighted by Gasteiger charge is 2.23. The number of aromatic nitrogens is 1. The highest BCUT2D eigenvalue weighted by Crippen LogP contribution is 2.30. The van der Waals surface area contributed by atoms with E-state index in [1.165, 1.54) is 18.9 Å². The van der Waals surface area contributed by atoms with Crippen LogP contribution in [0.25, 0.3) is 0 Å². The Hall–Kier alpha value is -1.86. The number of carbonyl (C=O) groups excluding carboxylic acids is 2. The lowest BCUT2D eigenvalue weighted by Gasteiger charge is -2.24. The maximum atomic E-state index is 13.0. The van der Waals surface area contributed by atoms with E-state index in [0.29, 0.717) is 18.7 Å². The second-order valence-corrected chi connectivity index (χ2v) is 7.66. The second kappa shape index (κ2) is 9.73. The molecular weight excluding hydrogens is 416 g/mol. The summed E-state index contributed by atoms with van der Waals surface area (Å²) in [5, 5.41) is 0.805. The highest BCUT2D eigenvalue weighted by atomic mass is 79.9. The minimum Gasteiger partial charge on any atom is -0.469 e. The van der Waals surface area contributed by atoms with E-state index >= 15 is 0 Å². The summed E-state index contributed by atoms with van der Waals surface area (Å²) in [4.78, 5) is 31.5. The van der Waals surface area contributed by atoms with E-state index in [2.05, 4.69) is 20.9 Å². The number of pyridine rings is 1. The summed E-state index contributed by atoms with van der Waals surface area (Å²) in [6.45, 7) is 4.48. The van der Waals surface area contributed by atoms with Gasteiger partial charge in [-0.15, -0.1) is 0 Å². The predicted molar refractivity (Wildman–Crippen MR) is 105 cm³/mol. The molecule has 0 aliphatic carbocycles. The Kier molecular flexibility index (Phi) is 7.66. The van der Waals surface area contributed by atoms with Crippen molar-refractivity contribution in [2.45, 2.75) is 23.8 Å². The molecule has 0 N–H and O–H groups in total. The topological polar surface area (TPSA) is 59.5 Å². The molecule has 0 aliphatic heterocycles. The fraction of sp³-hybridized carbons (Fsp3) is 0.316. The van der Waals surface area contributed by atoms with Crippen LogP contribution in [0.15, 0.2) is 57.0 Å². The lowest BCUT2D eigenvalue weighted by Crippen LogP contribution is -2.37. The minimum atomic E-state index is -0.378. The summed E-state index contributed by atoms with van der Waals surface area (Å²) in [7, 11) is 1.36. The van der Waals surface area contributed by atoms with Gasteiger partial charge in [-0.2, -0.15) is 0 Å². The molecule has 2 rings (SSSR count). The quantitative estimate of drug-likeness (QED) is 0.606. The van der Waals surface area contributed by atoms with E-state index in [9.17, 15) is 9.59 Å². The van der Waals surface area contributed by atoms with E-state index in [1.807, 2.05) is 37.3 Å². The summed E-state index contributed by atoms with van der Waals surface area (Å²) >= 11 is 4.80. The Labute approximate surface area is 166 Å². The van der Waals surface area contributed by atoms with Gasteiger partial charge in [-0.3, -0.25) is 9.59 Å². The molecule has 0 fully saturated rings. The van der Waals surface area contributed by atoms with E-state index < -0.39 is 0 Å². The highest BCUT2D eigenvalue weighted by molar-refractivity contribution is 9.10. The van der Waals surface area contributed by atoms with Crippen LogP contribution in [0, 0.1) is 5.92 Å². The minimum absolute atomic E-state index is 0.108. The van der Waals surface area contributed by atoms with Crippen LogP contribution in [0.2, 0.25) is 0 Å². The molecule has 1 atom stereocenters. The van der Waals surface area contributed by atoms with Gasteiger partial charge in [0.15, 0.2) is 0 Å². The van der Waals surface area contributed by atoms with Gasteiger partial charge in [-0.25, -0.2) is 4.98 Å². The van der Waals surface area contributed by atoms with E-state index in [1.54, 1.807) is 24.1 Å². The SMILES string of the molecule is CCN(CC(C)C(=O)OC)C(=O)c1ccccc1Sc1ccc(Br)cn1. The van der Waals surface area contributed by atoms with Crippen molar-refractivity contribution in [1.29, 1.82) is 0 Å². The summed E-state index contributed by atoms with van der Waals surface area (Å²) in [6, 6.07) is 11.2. The molecule has 0 saturated heterocycles. The number of amides is 1. The summed E-state index contributed by atoms with van der Waals surface area (Å²) in [5.41, 5.74) is 0.598. The van der Waals surface area contributed by atoms with Crippen LogP contribution in [0.1, 0.15) is 24.2 Å². The van der Waals surface area contributed by atoms with Gasteiger partial charge in [0.1, 0.15) is 5.03 Å². The summed E-state index contributed by atoms with van der Waals surface area (Å²) < 4.78 is 5.67. The van der Waals surface area contributed by atoms with E-state index in [-0.39, 0.29) is 17.8 Å². The van der Waals surface area contributed by atoms with Crippen molar-refractivity contribution < 1.29 is 14.3 Å². The first-order chi connectivity index (χ1) is 12.5. The first kappa shape index (κ1) is 20.5. The summed E-state index contributed by atoms with van der Waals surface area (Å²) in [5.74, 6) is -0.807. The molecule has 1 aromatic carbocycles. The molecule has 0 saturated carbocycles. The average Bonchev–Trinajstić information content (AvgIpc) is 2.67. The number of benzene rings is 1. The van der Waals surface area contributed by atoms with Gasteiger partial charge in [0.25, 0.3) is 5.91 Å². The standard InChI is InChI=1S/C19H21BrN2O3S/c1-4-22(12-13(2)19(24)25-3)18(23)15-7-5-6-8-16(15)26-17-10-9-14(20)11-21-17/h5-11,13H,4,12H2,1-3H3. The largest absolute Gasteiger partial charge is 0.469 e. The van der Waals surface area contributed by atoms with Crippen molar-refractivity contribution in [2.24, 2.45) is 5.92 Å². The van der Waals surface area contributed by atoms with Crippen molar-refractivity contribution in [3.63, 3.8) is 0 Å². The number of nitrogens with zero attached hydrogens (tertiary/aromatic N) is 2. The molecule has 0 spiro atoms. The predicted octanol–water partition coefficient (Wildman–Crippen LogP) is 4.27. The van der Waals surface area contributed by atoms with Crippen molar-refractivity contribution in [3.05, 3.63) is 52.6 Å². The molecule has 0 bridgehead atoms. The number of carbonyl (C=O) groups is 2. The molecule has 1 heterocycles. The maximum Gasteiger partial charge on any atom is 0.310 e. The van der Waals surface area contributed by atoms with Crippen LogP contribution in [-0.4, -0.2) is 42.0 Å². The zero-order valence-corrected chi connectivity index (χ0v) is 17.3. The van der Waals surface area contributed by atoms with Crippen LogP contribution >= 0.6 is 27.7 Å². The maximum absolute atomic E-state index is 13.0. The Morgan fingerprint density at radius 2 is 2.00 bits per heavy atom. The average molecular weight is 437 g/mol. The molecule has 1 unspecified atom stereocenters. The lowest BCUT2D eigenvalue weighted by atomic mass is 10.1. The Bertz CT molecular complexity index is 768. The Balaban J connectivity index is 2.22. The van der Waals surface area contributed by atoms with Gasteiger partial charge >= 0.3 is 5.97 Å². The third-order valence-electron chi connectivity index (χ3n) is 3.80. The van der Waals surface area contributed by atoms with Crippen LogP contribution < -0.4 is 0 Å². The Morgan fingerprint density at radius 1 is 1.27 bits per heavy atom. The molecule has 5 nitrogen and oxygen atoms in total. The molecule has 7 heteroatoms. The number of esters is 1. The van der Waals surface area contributed by atoms with Crippen molar-refractivity contribution >= 4 is 39.6 Å². The van der Waals surface area contributed by atoms with Crippen LogP contribution in [0.5, 0.6) is 0 Å². The van der Waals surface area contributed by atoms with Gasteiger partial charge in [0, 0.05) is 28.7 Å². The molecule has 1 aromatic heterocycles. The summed E-state index contributed by atoms with van der Waals surface area (Å²) in [6.07, 6.45) is 1.73. The van der Waals surface area contributed by atoms with Crippen LogP contribution in [-0.2, 0) is 9.53 Å². The van der Waals surface area contributed by atoms with Crippen LogP contribution in [0.3, 0.4) is 0 Å². The fourth-order valence-corrected chi connectivity index (χ4v) is 3.51. The smallest absolute Gasteiger partial charge is 0.310 e. The number of methoxy groups -OCH3 is 1. The second-order valence-electron chi connectivity index (χ2n) is 5.68. The van der Waals surface area contributed by atoms with Gasteiger partial charge < -0.3 is 9.64 Å². The number of rotatable bonds is 7. The van der Waals surface area contributed by atoms with Crippen molar-refractivity contribution in [3.8, 4) is 0 Å². The fourth-order valence-electron chi connectivity index (χ4n) is 2.40. The third-order valence-corrected chi connectivity index (χ3v) is 5.29. The van der Waals surface area contributed by atoms with E-state index in [4.69, 9.17) is 4.74 Å². The molecule has 1 amide bonds. The molecule has 138 valence electrons. The number of ether oxygens (including phenoxy) is 1. The number of hydrogen-bond acceptors (Lipinski definition) is 5. The molecular formula is C19H21BrN2O3S. The zero-order valence-electron chi connectivity index (χ0n) is 14.9. The molecule has 0 radical (unpaired) electrons. The van der Waals surface area contributed by atoms with Gasteiger partial charge in [-0.05, 0) is 47.1 Å². The van der Waals surface area contributed by atoms with Crippen molar-refractivity contribution in [1.82, 2.24) is 9.88 Å². The first-order valence-corrected chi connectivity index (χ1v) is 9.82. The monoisotopic (exact) mass is 436 g/mol. The van der Waals surface area contributed by atoms with Gasteiger partial charge in [0.05, 0.1) is 18.6 Å². The van der Waals surface area contributed by atoms with Gasteiger partial charge in [0.2, 0.25) is 0 Å². The molecule has 0 aliphatic rings. The van der Waals surface area contributed by atoms with Gasteiger partial charge in [-0.1, -0.05) is 30.8 Å². The van der Waals surface area contributed by atoms with Crippen molar-refractivity contribution in [2.75, 3.05) is 20.2 Å². The van der Waals surface area contributed by atoms with Crippen LogP contribution in [0.4, 0.5) is 0 Å². The molecule has 26 heavy (non-hydrogen) atoms. The Morgan fingerprint density at radius 3 is 2.62 bits per heavy atom. The number of halogens is 1. The first-order valence-electron chi connectivity index (χ1n) is 8.21. The normalized spacial score (nSPS) is 11.7. The zero-order chi connectivity index (χ0) is 19.1. The lowest BCUT2D eigenvalue weighted by molar-refractivity contribution is -0.145. The third kappa shape index (κ3) is 5.32.